The lowest BCUT2D eigenvalue weighted by Gasteiger charge is -2.32. The topological polar surface area (TPSA) is 32.3 Å². The lowest BCUT2D eigenvalue weighted by atomic mass is 10.1. The second-order valence-corrected chi connectivity index (χ2v) is 7.07. The number of carbonyl (C=O) groups excluding carboxylic acids is 1. The van der Waals surface area contributed by atoms with Gasteiger partial charge in [0.2, 0.25) is 5.91 Å². The van der Waals surface area contributed by atoms with Crippen molar-refractivity contribution >= 4 is 23.3 Å². The van der Waals surface area contributed by atoms with Crippen LogP contribution in [0, 0.1) is 5.82 Å². The van der Waals surface area contributed by atoms with Gasteiger partial charge in [0, 0.05) is 36.6 Å². The van der Waals surface area contributed by atoms with Crippen molar-refractivity contribution in [3.63, 3.8) is 0 Å². The minimum absolute atomic E-state index is 0.126. The first-order valence-electron chi connectivity index (χ1n) is 8.12. The summed E-state index contributed by atoms with van der Waals surface area (Å²) in [6.07, 6.45) is 4.28. The van der Waals surface area contributed by atoms with Crippen LogP contribution >= 0.6 is 11.3 Å². The van der Waals surface area contributed by atoms with Gasteiger partial charge >= 0.3 is 0 Å². The van der Waals surface area contributed by atoms with Gasteiger partial charge in [0.1, 0.15) is 5.82 Å². The van der Waals surface area contributed by atoms with Gasteiger partial charge in [-0.25, -0.2) is 4.39 Å². The Morgan fingerprint density at radius 1 is 1.38 bits per heavy atom. The Hall–Kier alpha value is -1.98. The van der Waals surface area contributed by atoms with Crippen LogP contribution in [-0.2, 0) is 17.8 Å². The molecule has 5 heteroatoms. The van der Waals surface area contributed by atoms with Crippen molar-refractivity contribution in [1.29, 1.82) is 0 Å². The maximum atomic E-state index is 12.8. The number of nitrogens with one attached hydrogen (secondary N) is 1. The number of halogens is 1. The van der Waals surface area contributed by atoms with Gasteiger partial charge in [-0.1, -0.05) is 12.1 Å². The van der Waals surface area contributed by atoms with E-state index in [0.717, 1.165) is 25.1 Å². The molecule has 2 aromatic rings. The van der Waals surface area contributed by atoms with Gasteiger partial charge in [-0.3, -0.25) is 9.69 Å². The van der Waals surface area contributed by atoms with Crippen molar-refractivity contribution in [3.8, 4) is 0 Å². The standard InChI is InChI=1S/C19H21FN2OS/c1-14(22-10-8-18-16(13-22)9-11-24-18)12-21-19(23)7-4-15-2-5-17(20)6-3-15/h2-7,9,11,14H,8,10,12-13H2,1H3,(H,21,23)/b7-4+. The molecule has 1 aromatic carbocycles. The van der Waals surface area contributed by atoms with Gasteiger partial charge in [-0.15, -0.1) is 11.3 Å². The van der Waals surface area contributed by atoms with Crippen LogP contribution in [0.1, 0.15) is 22.9 Å². The van der Waals surface area contributed by atoms with E-state index in [4.69, 9.17) is 0 Å². The number of amides is 1. The fourth-order valence-electron chi connectivity index (χ4n) is 2.83. The quantitative estimate of drug-likeness (QED) is 0.843. The molecule has 3 nitrogen and oxygen atoms in total. The fourth-order valence-corrected chi connectivity index (χ4v) is 3.72. The highest BCUT2D eigenvalue weighted by Gasteiger charge is 2.21. The van der Waals surface area contributed by atoms with Gasteiger partial charge in [0.05, 0.1) is 0 Å². The molecule has 1 aromatic heterocycles. The number of rotatable bonds is 5. The van der Waals surface area contributed by atoms with E-state index in [9.17, 15) is 9.18 Å². The van der Waals surface area contributed by atoms with E-state index in [1.165, 1.54) is 28.6 Å². The van der Waals surface area contributed by atoms with Crippen LogP contribution in [0.25, 0.3) is 6.08 Å². The van der Waals surface area contributed by atoms with Crippen molar-refractivity contribution in [1.82, 2.24) is 10.2 Å². The minimum Gasteiger partial charge on any atom is -0.351 e. The molecule has 126 valence electrons. The van der Waals surface area contributed by atoms with Gasteiger partial charge in [0.15, 0.2) is 0 Å². The number of hydrogen-bond acceptors (Lipinski definition) is 3. The van der Waals surface area contributed by atoms with E-state index in [-0.39, 0.29) is 11.7 Å². The van der Waals surface area contributed by atoms with Gasteiger partial charge in [0.25, 0.3) is 0 Å². The summed E-state index contributed by atoms with van der Waals surface area (Å²) in [6.45, 7) is 4.75. The van der Waals surface area contributed by atoms with Gasteiger partial charge in [-0.05, 0) is 54.1 Å². The maximum Gasteiger partial charge on any atom is 0.244 e. The molecule has 1 unspecified atom stereocenters. The molecule has 0 fully saturated rings. The highest BCUT2D eigenvalue weighted by molar-refractivity contribution is 7.10. The number of nitrogens with zero attached hydrogens (tertiary/aromatic N) is 1. The van der Waals surface area contributed by atoms with Gasteiger partial charge in [-0.2, -0.15) is 0 Å². The zero-order valence-electron chi connectivity index (χ0n) is 13.7. The molecule has 2 heterocycles. The van der Waals surface area contributed by atoms with Crippen LogP contribution in [0.3, 0.4) is 0 Å². The van der Waals surface area contributed by atoms with Crippen LogP contribution < -0.4 is 5.32 Å². The summed E-state index contributed by atoms with van der Waals surface area (Å²) in [7, 11) is 0. The zero-order valence-corrected chi connectivity index (χ0v) is 14.5. The van der Waals surface area contributed by atoms with Gasteiger partial charge < -0.3 is 5.32 Å². The van der Waals surface area contributed by atoms with E-state index >= 15 is 0 Å². The largest absolute Gasteiger partial charge is 0.351 e. The Labute approximate surface area is 145 Å². The second kappa shape index (κ2) is 7.73. The third-order valence-corrected chi connectivity index (χ3v) is 5.35. The Bertz CT molecular complexity index is 723. The lowest BCUT2D eigenvalue weighted by Crippen LogP contribution is -2.43. The molecule has 1 aliphatic heterocycles. The lowest BCUT2D eigenvalue weighted by molar-refractivity contribution is -0.116. The molecular formula is C19H21FN2OS. The van der Waals surface area contributed by atoms with Crippen LogP contribution in [-0.4, -0.2) is 29.9 Å². The van der Waals surface area contributed by atoms with Crippen LogP contribution in [0.15, 0.2) is 41.8 Å². The first-order chi connectivity index (χ1) is 11.6. The Balaban J connectivity index is 1.46. The molecule has 0 radical (unpaired) electrons. The predicted octanol–water partition coefficient (Wildman–Crippen LogP) is 3.46. The van der Waals surface area contributed by atoms with Crippen molar-refractivity contribution in [2.24, 2.45) is 0 Å². The Morgan fingerprint density at radius 2 is 2.17 bits per heavy atom. The molecule has 24 heavy (non-hydrogen) atoms. The highest BCUT2D eigenvalue weighted by atomic mass is 32.1. The number of fused-ring (bicyclic) bond motifs is 1. The molecule has 0 aliphatic carbocycles. The number of benzene rings is 1. The summed E-state index contributed by atoms with van der Waals surface area (Å²) in [5.41, 5.74) is 2.22. The van der Waals surface area contributed by atoms with E-state index in [1.54, 1.807) is 18.2 Å². The average Bonchev–Trinajstić information content (AvgIpc) is 3.06. The summed E-state index contributed by atoms with van der Waals surface area (Å²) < 4.78 is 12.8. The summed E-state index contributed by atoms with van der Waals surface area (Å²) in [5.74, 6) is -0.403. The van der Waals surface area contributed by atoms with Crippen molar-refractivity contribution in [3.05, 3.63) is 63.6 Å². The summed E-state index contributed by atoms with van der Waals surface area (Å²) in [6, 6.07) is 8.55. The molecular weight excluding hydrogens is 323 g/mol. The Morgan fingerprint density at radius 3 is 2.96 bits per heavy atom. The maximum absolute atomic E-state index is 12.8. The summed E-state index contributed by atoms with van der Waals surface area (Å²) in [5, 5.41) is 5.09. The smallest absolute Gasteiger partial charge is 0.244 e. The fraction of sp³-hybridized carbons (Fsp3) is 0.316. The molecule has 0 saturated heterocycles. The van der Waals surface area contributed by atoms with E-state index < -0.39 is 0 Å². The van der Waals surface area contributed by atoms with E-state index in [2.05, 4.69) is 28.6 Å². The number of carbonyl (C=O) groups is 1. The van der Waals surface area contributed by atoms with Crippen molar-refractivity contribution < 1.29 is 9.18 Å². The summed E-state index contributed by atoms with van der Waals surface area (Å²) >= 11 is 1.83. The molecule has 0 spiro atoms. The molecule has 1 N–H and O–H groups in total. The SMILES string of the molecule is CC(CNC(=O)/C=C/c1ccc(F)cc1)N1CCc2sccc2C1. The zero-order chi connectivity index (χ0) is 16.9. The Kier molecular flexibility index (Phi) is 5.43. The number of hydrogen-bond donors (Lipinski definition) is 1. The predicted molar refractivity (Wildman–Crippen MR) is 96.3 cm³/mol. The molecule has 3 rings (SSSR count). The van der Waals surface area contributed by atoms with Crippen LogP contribution in [0.2, 0.25) is 0 Å². The molecule has 1 aliphatic rings. The third kappa shape index (κ3) is 4.30. The molecule has 1 amide bonds. The minimum atomic E-state index is -0.277. The first kappa shape index (κ1) is 16.9. The van der Waals surface area contributed by atoms with Crippen molar-refractivity contribution in [2.45, 2.75) is 25.9 Å². The van der Waals surface area contributed by atoms with E-state index in [1.807, 2.05) is 11.3 Å². The number of thiophene rings is 1. The highest BCUT2D eigenvalue weighted by Crippen LogP contribution is 2.24. The van der Waals surface area contributed by atoms with Crippen molar-refractivity contribution in [2.75, 3.05) is 13.1 Å². The van der Waals surface area contributed by atoms with Crippen LogP contribution in [0.5, 0.6) is 0 Å². The molecule has 1 atom stereocenters. The average molecular weight is 344 g/mol. The monoisotopic (exact) mass is 344 g/mol. The molecule has 0 bridgehead atoms. The van der Waals surface area contributed by atoms with E-state index in [0.29, 0.717) is 12.6 Å². The second-order valence-electron chi connectivity index (χ2n) is 6.07. The normalized spacial score (nSPS) is 16.1. The third-order valence-electron chi connectivity index (χ3n) is 4.33. The first-order valence-corrected chi connectivity index (χ1v) is 9.00. The van der Waals surface area contributed by atoms with Crippen LogP contribution in [0.4, 0.5) is 4.39 Å². The molecule has 0 saturated carbocycles. The summed E-state index contributed by atoms with van der Waals surface area (Å²) in [4.78, 5) is 15.8.